The third kappa shape index (κ3) is 3.66. The molecular formula is C22H21ClN2O5. The lowest BCUT2D eigenvalue weighted by atomic mass is 9.95. The Bertz CT molecular complexity index is 1000. The Kier molecular flexibility index (Phi) is 5.74. The number of methoxy groups -OCH3 is 1. The van der Waals surface area contributed by atoms with Crippen LogP contribution in [0, 0.1) is 0 Å². The molecule has 1 amide bonds. The first kappa shape index (κ1) is 20.4. The largest absolute Gasteiger partial charge is 0.507 e. The number of halogens is 1. The standard InChI is InChI=1S/C22H21ClN2O5/c1-29-17-5-4-14(23)11-16(17)20(26)18-19(13-6-8-24-9-7-13)25(22(28)21(18)27)12-15-3-2-10-30-15/h4-9,11,15,19,26H,2-3,10,12H2,1H3/b20-18+. The molecule has 2 aromatic rings. The Morgan fingerprint density at radius 1 is 1.30 bits per heavy atom. The number of pyridine rings is 1. The zero-order valence-electron chi connectivity index (χ0n) is 16.4. The number of aliphatic hydroxyl groups excluding tert-OH is 1. The second-order valence-corrected chi connectivity index (χ2v) is 7.65. The van der Waals surface area contributed by atoms with Gasteiger partial charge in [0.15, 0.2) is 0 Å². The zero-order chi connectivity index (χ0) is 21.3. The number of Topliss-reactive ketones (excluding diaryl/α,β-unsaturated/α-hetero) is 1. The quantitative estimate of drug-likeness (QED) is 0.446. The molecule has 156 valence electrons. The minimum Gasteiger partial charge on any atom is -0.507 e. The molecule has 2 aliphatic rings. The number of nitrogens with zero attached hydrogens (tertiary/aromatic N) is 2. The Balaban J connectivity index is 1.86. The van der Waals surface area contributed by atoms with Crippen molar-refractivity contribution >= 4 is 29.1 Å². The van der Waals surface area contributed by atoms with Crippen molar-refractivity contribution in [1.82, 2.24) is 9.88 Å². The van der Waals surface area contributed by atoms with Gasteiger partial charge in [0.25, 0.3) is 11.7 Å². The molecule has 2 aliphatic heterocycles. The summed E-state index contributed by atoms with van der Waals surface area (Å²) in [4.78, 5) is 31.5. The van der Waals surface area contributed by atoms with Crippen LogP contribution in [0.1, 0.15) is 30.0 Å². The summed E-state index contributed by atoms with van der Waals surface area (Å²) in [7, 11) is 1.45. The van der Waals surface area contributed by atoms with Crippen LogP contribution in [-0.2, 0) is 14.3 Å². The molecule has 1 aromatic carbocycles. The van der Waals surface area contributed by atoms with Crippen molar-refractivity contribution in [2.24, 2.45) is 0 Å². The fourth-order valence-electron chi connectivity index (χ4n) is 3.98. The van der Waals surface area contributed by atoms with Gasteiger partial charge in [0, 0.05) is 30.6 Å². The highest BCUT2D eigenvalue weighted by molar-refractivity contribution is 6.46. The summed E-state index contributed by atoms with van der Waals surface area (Å²) in [5.74, 6) is -1.41. The monoisotopic (exact) mass is 428 g/mol. The minimum atomic E-state index is -0.763. The molecule has 0 bridgehead atoms. The van der Waals surface area contributed by atoms with Gasteiger partial charge < -0.3 is 19.5 Å². The highest BCUT2D eigenvalue weighted by Crippen LogP contribution is 2.41. The van der Waals surface area contributed by atoms with Gasteiger partial charge in [-0.2, -0.15) is 0 Å². The molecule has 1 aromatic heterocycles. The molecule has 2 saturated heterocycles. The number of hydrogen-bond donors (Lipinski definition) is 1. The van der Waals surface area contributed by atoms with Crippen molar-refractivity contribution in [3.8, 4) is 5.75 Å². The number of ether oxygens (including phenoxy) is 2. The van der Waals surface area contributed by atoms with Gasteiger partial charge in [-0.25, -0.2) is 0 Å². The number of amides is 1. The van der Waals surface area contributed by atoms with Crippen LogP contribution in [0.2, 0.25) is 5.02 Å². The number of benzene rings is 1. The number of aromatic nitrogens is 1. The fourth-order valence-corrected chi connectivity index (χ4v) is 4.15. The van der Waals surface area contributed by atoms with E-state index < -0.39 is 17.7 Å². The lowest BCUT2D eigenvalue weighted by Gasteiger charge is -2.27. The molecule has 8 heteroatoms. The summed E-state index contributed by atoms with van der Waals surface area (Å²) >= 11 is 6.11. The number of carbonyl (C=O) groups excluding carboxylic acids is 2. The van der Waals surface area contributed by atoms with Crippen LogP contribution in [0.15, 0.2) is 48.3 Å². The van der Waals surface area contributed by atoms with E-state index >= 15 is 0 Å². The first-order valence-corrected chi connectivity index (χ1v) is 10.0. The number of ketones is 1. The van der Waals surface area contributed by atoms with E-state index in [2.05, 4.69) is 4.98 Å². The SMILES string of the molecule is COc1ccc(Cl)cc1/C(O)=C1\C(=O)C(=O)N(CC2CCCO2)C1c1ccncc1. The van der Waals surface area contributed by atoms with Crippen LogP contribution in [0.3, 0.4) is 0 Å². The summed E-state index contributed by atoms with van der Waals surface area (Å²) in [5.41, 5.74) is 0.911. The van der Waals surface area contributed by atoms with Crippen molar-refractivity contribution in [3.05, 3.63) is 64.4 Å². The Morgan fingerprint density at radius 2 is 2.07 bits per heavy atom. The van der Waals surface area contributed by atoms with Crippen molar-refractivity contribution in [2.75, 3.05) is 20.3 Å². The first-order valence-electron chi connectivity index (χ1n) is 9.65. The molecule has 4 rings (SSSR count). The van der Waals surface area contributed by atoms with Crippen LogP contribution >= 0.6 is 11.6 Å². The molecule has 2 atom stereocenters. The van der Waals surface area contributed by atoms with Gasteiger partial charge >= 0.3 is 0 Å². The van der Waals surface area contributed by atoms with E-state index in [0.717, 1.165) is 12.8 Å². The maximum atomic E-state index is 13.0. The zero-order valence-corrected chi connectivity index (χ0v) is 17.1. The van der Waals surface area contributed by atoms with Crippen molar-refractivity contribution in [3.63, 3.8) is 0 Å². The van der Waals surface area contributed by atoms with E-state index in [9.17, 15) is 14.7 Å². The summed E-state index contributed by atoms with van der Waals surface area (Å²) < 4.78 is 11.0. The third-order valence-corrected chi connectivity index (χ3v) is 5.64. The Labute approximate surface area is 178 Å². The third-order valence-electron chi connectivity index (χ3n) is 5.40. The van der Waals surface area contributed by atoms with Gasteiger partial charge in [0.2, 0.25) is 0 Å². The van der Waals surface area contributed by atoms with E-state index in [4.69, 9.17) is 21.1 Å². The lowest BCUT2D eigenvalue weighted by molar-refractivity contribution is -0.140. The molecule has 0 radical (unpaired) electrons. The van der Waals surface area contributed by atoms with Gasteiger partial charge in [-0.1, -0.05) is 11.6 Å². The van der Waals surface area contributed by atoms with Crippen LogP contribution < -0.4 is 4.74 Å². The second-order valence-electron chi connectivity index (χ2n) is 7.21. The molecule has 3 heterocycles. The Morgan fingerprint density at radius 3 is 2.73 bits per heavy atom. The minimum absolute atomic E-state index is 0.00948. The molecule has 0 saturated carbocycles. The molecule has 0 aliphatic carbocycles. The molecule has 2 unspecified atom stereocenters. The topological polar surface area (TPSA) is 89.0 Å². The van der Waals surface area contributed by atoms with Crippen LogP contribution in [-0.4, -0.2) is 53.0 Å². The van der Waals surface area contributed by atoms with Gasteiger partial charge in [0.05, 0.1) is 30.4 Å². The maximum Gasteiger partial charge on any atom is 0.295 e. The maximum absolute atomic E-state index is 13.0. The first-order chi connectivity index (χ1) is 14.5. The van der Waals surface area contributed by atoms with Crippen LogP contribution in [0.25, 0.3) is 5.76 Å². The number of aliphatic hydroxyl groups is 1. The summed E-state index contributed by atoms with van der Waals surface area (Å²) in [6.45, 7) is 0.898. The highest BCUT2D eigenvalue weighted by atomic mass is 35.5. The normalized spacial score (nSPS) is 23.2. The smallest absolute Gasteiger partial charge is 0.295 e. The van der Waals surface area contributed by atoms with Crippen molar-refractivity contribution < 1.29 is 24.2 Å². The van der Waals surface area contributed by atoms with E-state index in [1.165, 1.54) is 18.1 Å². The van der Waals surface area contributed by atoms with Gasteiger partial charge in [-0.05, 0) is 48.7 Å². The predicted octanol–water partition coefficient (Wildman–Crippen LogP) is 3.34. The number of hydrogen-bond acceptors (Lipinski definition) is 6. The number of likely N-dealkylation sites (tertiary alicyclic amines) is 1. The summed E-state index contributed by atoms with van der Waals surface area (Å²) in [6, 6.07) is 7.41. The molecule has 30 heavy (non-hydrogen) atoms. The lowest BCUT2D eigenvalue weighted by Crippen LogP contribution is -2.36. The van der Waals surface area contributed by atoms with E-state index in [1.807, 2.05) is 0 Å². The highest BCUT2D eigenvalue weighted by Gasteiger charge is 2.47. The van der Waals surface area contributed by atoms with E-state index in [1.54, 1.807) is 36.7 Å². The second kappa shape index (κ2) is 8.45. The average Bonchev–Trinajstić information content (AvgIpc) is 3.36. The van der Waals surface area contributed by atoms with Gasteiger partial charge in [-0.3, -0.25) is 14.6 Å². The Hall–Kier alpha value is -2.90. The van der Waals surface area contributed by atoms with Crippen LogP contribution in [0.4, 0.5) is 0 Å². The average molecular weight is 429 g/mol. The van der Waals surface area contributed by atoms with Crippen molar-refractivity contribution in [1.29, 1.82) is 0 Å². The fraction of sp³-hybridized carbons (Fsp3) is 0.318. The van der Waals surface area contributed by atoms with Gasteiger partial charge in [0.1, 0.15) is 11.5 Å². The molecule has 2 fully saturated rings. The molecule has 1 N–H and O–H groups in total. The van der Waals surface area contributed by atoms with E-state index in [-0.39, 0.29) is 29.5 Å². The molecule has 0 spiro atoms. The van der Waals surface area contributed by atoms with E-state index in [0.29, 0.717) is 22.9 Å². The summed E-state index contributed by atoms with van der Waals surface area (Å²) in [6.07, 6.45) is 4.75. The number of rotatable bonds is 5. The predicted molar refractivity (Wildman–Crippen MR) is 110 cm³/mol. The van der Waals surface area contributed by atoms with Gasteiger partial charge in [-0.15, -0.1) is 0 Å². The molecule has 7 nitrogen and oxygen atoms in total. The van der Waals surface area contributed by atoms with Crippen LogP contribution in [0.5, 0.6) is 5.75 Å². The number of carbonyl (C=O) groups is 2. The summed E-state index contributed by atoms with van der Waals surface area (Å²) in [5, 5.41) is 11.5. The van der Waals surface area contributed by atoms with Crippen molar-refractivity contribution in [2.45, 2.75) is 25.0 Å². The molecular weight excluding hydrogens is 408 g/mol.